The molecule has 2 aromatic carbocycles. The molecule has 1 aliphatic rings. The van der Waals surface area contributed by atoms with E-state index in [-0.39, 0.29) is 22.6 Å². The number of sulfonamides is 1. The van der Waals surface area contributed by atoms with Gasteiger partial charge in [-0.2, -0.15) is 0 Å². The maximum Gasteiger partial charge on any atom is 0.271 e. The second-order valence-corrected chi connectivity index (χ2v) is 8.90. The number of hydrogen-bond acceptors (Lipinski definition) is 5. The van der Waals surface area contributed by atoms with E-state index in [2.05, 4.69) is 0 Å². The van der Waals surface area contributed by atoms with Gasteiger partial charge in [-0.15, -0.1) is 0 Å². The van der Waals surface area contributed by atoms with Gasteiger partial charge in [-0.1, -0.05) is 41.9 Å². The summed E-state index contributed by atoms with van der Waals surface area (Å²) in [5.41, 5.74) is 0.769. The maximum atomic E-state index is 12.5. The van der Waals surface area contributed by atoms with Gasteiger partial charge in [0.05, 0.1) is 15.7 Å². The first kappa shape index (κ1) is 20.6. The molecule has 1 radical (unpaired) electrons. The molecular weight excluding hydrogens is 404 g/mol. The van der Waals surface area contributed by atoms with Crippen LogP contribution < -0.4 is 4.74 Å². The number of hydrogen-bond donors (Lipinski definition) is 0. The summed E-state index contributed by atoms with van der Waals surface area (Å²) in [5.74, 6) is 0.322. The van der Waals surface area contributed by atoms with Crippen LogP contribution in [0.1, 0.15) is 18.4 Å². The number of nitrogens with zero attached hydrogens (tertiary/aromatic N) is 2. The van der Waals surface area contributed by atoms with Gasteiger partial charge in [0.15, 0.2) is 0 Å². The lowest BCUT2D eigenvalue weighted by atomic mass is 10.1. The number of nitro benzene ring substituents is 1. The molecule has 0 unspecified atom stereocenters. The Labute approximate surface area is 169 Å². The van der Waals surface area contributed by atoms with Gasteiger partial charge in [-0.3, -0.25) is 10.1 Å². The van der Waals surface area contributed by atoms with E-state index in [1.165, 1.54) is 22.5 Å². The minimum Gasteiger partial charge on any atom is -0.489 e. The van der Waals surface area contributed by atoms with Crippen molar-refractivity contribution in [2.75, 3.05) is 18.8 Å². The third kappa shape index (κ3) is 5.21. The van der Waals surface area contributed by atoms with Crippen LogP contribution in [0.15, 0.2) is 48.5 Å². The van der Waals surface area contributed by atoms with Crippen LogP contribution in [0.5, 0.6) is 5.75 Å². The second-order valence-electron chi connectivity index (χ2n) is 6.48. The molecule has 0 saturated carbocycles. The van der Waals surface area contributed by atoms with E-state index < -0.39 is 14.9 Å². The van der Waals surface area contributed by atoms with Crippen LogP contribution in [-0.4, -0.2) is 42.6 Å². The van der Waals surface area contributed by atoms with Gasteiger partial charge in [-0.05, 0) is 24.5 Å². The van der Waals surface area contributed by atoms with Crippen molar-refractivity contribution in [1.29, 1.82) is 0 Å². The molecule has 0 amide bonds. The van der Waals surface area contributed by atoms with Crippen LogP contribution in [0.3, 0.4) is 0 Å². The lowest BCUT2D eigenvalue weighted by Crippen LogP contribution is -2.42. The summed E-state index contributed by atoms with van der Waals surface area (Å²) in [7, 11) is -3.38. The van der Waals surface area contributed by atoms with Gasteiger partial charge in [0.2, 0.25) is 10.0 Å². The van der Waals surface area contributed by atoms with Crippen molar-refractivity contribution in [3.63, 3.8) is 0 Å². The first-order valence-electron chi connectivity index (χ1n) is 8.82. The van der Waals surface area contributed by atoms with Gasteiger partial charge in [0, 0.05) is 31.6 Å². The van der Waals surface area contributed by atoms with Gasteiger partial charge >= 0.3 is 0 Å². The van der Waals surface area contributed by atoms with E-state index in [9.17, 15) is 18.5 Å². The van der Waals surface area contributed by atoms with Crippen LogP contribution in [0.4, 0.5) is 5.69 Å². The van der Waals surface area contributed by atoms with Crippen LogP contribution in [0, 0.1) is 16.5 Å². The summed E-state index contributed by atoms with van der Waals surface area (Å²) in [6.45, 7) is 0.723. The Kier molecular flexibility index (Phi) is 6.53. The average Bonchev–Trinajstić information content (AvgIpc) is 2.69. The second kappa shape index (κ2) is 8.89. The Hall–Kier alpha value is -2.16. The third-order valence-corrected chi connectivity index (χ3v) is 6.58. The van der Waals surface area contributed by atoms with Crippen LogP contribution in [0.2, 0.25) is 5.02 Å². The minimum absolute atomic E-state index is 0.0449. The molecule has 0 atom stereocenters. The number of piperidine rings is 1. The van der Waals surface area contributed by atoms with Crippen LogP contribution in [-0.2, 0) is 10.0 Å². The number of nitro groups is 1. The molecule has 1 heterocycles. The Morgan fingerprint density at radius 3 is 2.46 bits per heavy atom. The fourth-order valence-corrected chi connectivity index (χ4v) is 4.60. The lowest BCUT2D eigenvalue weighted by molar-refractivity contribution is -0.384. The fourth-order valence-electron chi connectivity index (χ4n) is 3.00. The van der Waals surface area contributed by atoms with Crippen molar-refractivity contribution in [3.8, 4) is 5.75 Å². The molecule has 0 bridgehead atoms. The molecule has 7 nitrogen and oxygen atoms in total. The largest absolute Gasteiger partial charge is 0.489 e. The third-order valence-electron chi connectivity index (χ3n) is 4.54. The Morgan fingerprint density at radius 1 is 1.18 bits per heavy atom. The van der Waals surface area contributed by atoms with Crippen LogP contribution >= 0.6 is 11.6 Å². The maximum absolute atomic E-state index is 12.5. The molecule has 1 fully saturated rings. The Morgan fingerprint density at radius 2 is 1.86 bits per heavy atom. The fraction of sp³-hybridized carbons (Fsp3) is 0.316. The summed E-state index contributed by atoms with van der Waals surface area (Å²) in [6, 6.07) is 13.4. The zero-order chi connectivity index (χ0) is 20.1. The SMILES string of the molecule is O=[N+]([O-])c1ccc(OC2CCN(S(=O)(=O)C[CH]c3ccccc3)CC2)c(Cl)c1. The first-order chi connectivity index (χ1) is 13.3. The van der Waals surface area contributed by atoms with Crippen molar-refractivity contribution in [2.24, 2.45) is 0 Å². The number of non-ortho nitro benzene ring substituents is 1. The van der Waals surface area contributed by atoms with Crippen molar-refractivity contribution in [3.05, 3.63) is 75.7 Å². The normalized spacial score (nSPS) is 16.0. The van der Waals surface area contributed by atoms with E-state index in [0.717, 1.165) is 5.56 Å². The lowest BCUT2D eigenvalue weighted by Gasteiger charge is -2.31. The van der Waals surface area contributed by atoms with Crippen LogP contribution in [0.25, 0.3) is 0 Å². The number of rotatable bonds is 7. The standard InChI is InChI=1S/C19H20ClN2O5S/c20-18-14-16(22(23)24)6-7-19(18)27-17-8-11-21(12-9-17)28(25,26)13-10-15-4-2-1-3-5-15/h1-7,10,14,17H,8-9,11-13H2. The summed E-state index contributed by atoms with van der Waals surface area (Å²) in [5, 5.41) is 10.9. The van der Waals surface area contributed by atoms with E-state index in [4.69, 9.17) is 16.3 Å². The number of benzene rings is 2. The predicted molar refractivity (Wildman–Crippen MR) is 107 cm³/mol. The quantitative estimate of drug-likeness (QED) is 0.500. The molecular formula is C19H20ClN2O5S. The molecule has 1 saturated heterocycles. The molecule has 0 aromatic heterocycles. The first-order valence-corrected chi connectivity index (χ1v) is 10.8. The smallest absolute Gasteiger partial charge is 0.271 e. The summed E-state index contributed by atoms with van der Waals surface area (Å²) in [6.07, 6.45) is 2.56. The van der Waals surface area contributed by atoms with Gasteiger partial charge in [-0.25, -0.2) is 12.7 Å². The van der Waals surface area contributed by atoms with Crippen molar-refractivity contribution in [1.82, 2.24) is 4.31 Å². The van der Waals surface area contributed by atoms with E-state index in [1.807, 2.05) is 30.3 Å². The topological polar surface area (TPSA) is 89.8 Å². The van der Waals surface area contributed by atoms with E-state index in [1.54, 1.807) is 6.42 Å². The Bertz CT molecular complexity index is 929. The molecule has 1 aliphatic heterocycles. The molecule has 149 valence electrons. The van der Waals surface area contributed by atoms with Gasteiger partial charge in [0.25, 0.3) is 5.69 Å². The van der Waals surface area contributed by atoms with Crippen molar-refractivity contribution < 1.29 is 18.1 Å². The zero-order valence-electron chi connectivity index (χ0n) is 15.0. The summed E-state index contributed by atoms with van der Waals surface area (Å²) < 4.78 is 32.4. The van der Waals surface area contributed by atoms with Gasteiger partial charge in [0.1, 0.15) is 11.9 Å². The highest BCUT2D eigenvalue weighted by Gasteiger charge is 2.29. The Balaban J connectivity index is 1.53. The molecule has 28 heavy (non-hydrogen) atoms. The molecule has 0 spiro atoms. The predicted octanol–water partition coefficient (Wildman–Crippen LogP) is 3.67. The molecule has 9 heteroatoms. The minimum atomic E-state index is -3.38. The zero-order valence-corrected chi connectivity index (χ0v) is 16.6. The monoisotopic (exact) mass is 423 g/mol. The average molecular weight is 424 g/mol. The van der Waals surface area contributed by atoms with E-state index in [0.29, 0.717) is 31.7 Å². The highest BCUT2D eigenvalue weighted by atomic mass is 35.5. The summed E-state index contributed by atoms with van der Waals surface area (Å²) in [4.78, 5) is 10.2. The van der Waals surface area contributed by atoms with Gasteiger partial charge < -0.3 is 4.74 Å². The molecule has 3 rings (SSSR count). The van der Waals surface area contributed by atoms with Crippen molar-refractivity contribution >= 4 is 27.3 Å². The molecule has 2 aromatic rings. The number of halogens is 1. The highest BCUT2D eigenvalue weighted by Crippen LogP contribution is 2.31. The molecule has 0 aliphatic carbocycles. The molecule has 0 N–H and O–H groups in total. The highest BCUT2D eigenvalue weighted by molar-refractivity contribution is 7.89. The summed E-state index contributed by atoms with van der Waals surface area (Å²) >= 11 is 6.05. The van der Waals surface area contributed by atoms with Crippen molar-refractivity contribution in [2.45, 2.75) is 18.9 Å². The number of ether oxygens (including phenoxy) is 1. The van der Waals surface area contributed by atoms with E-state index >= 15 is 0 Å².